The lowest BCUT2D eigenvalue weighted by Crippen LogP contribution is -2.40. The van der Waals surface area contributed by atoms with Gasteiger partial charge in [0.25, 0.3) is 0 Å². The Morgan fingerprint density at radius 3 is 2.55 bits per heavy atom. The maximum Gasteiger partial charge on any atom is 0.245 e. The molecule has 112 valence electrons. The van der Waals surface area contributed by atoms with Crippen molar-refractivity contribution in [3.05, 3.63) is 24.3 Å². The molecule has 0 unspecified atom stereocenters. The van der Waals surface area contributed by atoms with Crippen LogP contribution in [0, 0.1) is 0 Å². The maximum atomic E-state index is 12.7. The predicted molar refractivity (Wildman–Crippen MR) is 79.4 cm³/mol. The van der Waals surface area contributed by atoms with E-state index in [0.29, 0.717) is 30.2 Å². The van der Waals surface area contributed by atoms with Gasteiger partial charge in [0.1, 0.15) is 4.90 Å². The molecule has 1 fully saturated rings. The summed E-state index contributed by atoms with van der Waals surface area (Å²) < 4.78 is 32.3. The fraction of sp³-hybridized carbons (Fsp3) is 0.571. The molecular weight excluding hydrogens is 276 g/mol. The van der Waals surface area contributed by atoms with Crippen LogP contribution in [0.3, 0.4) is 0 Å². The second-order valence-corrected chi connectivity index (χ2v) is 6.77. The molecule has 1 aromatic rings. The molecule has 0 amide bonds. The molecule has 1 aliphatic heterocycles. The summed E-state index contributed by atoms with van der Waals surface area (Å²) in [6.07, 6.45) is 1.67. The lowest BCUT2D eigenvalue weighted by atomic mass is 10.1. The minimum absolute atomic E-state index is 0.172. The summed E-state index contributed by atoms with van der Waals surface area (Å²) in [5.74, 6) is 0. The summed E-state index contributed by atoms with van der Waals surface area (Å²) in [5.41, 5.74) is 0.670. The number of hydrogen-bond donors (Lipinski definition) is 1. The van der Waals surface area contributed by atoms with Gasteiger partial charge in [0, 0.05) is 26.7 Å². The van der Waals surface area contributed by atoms with Crippen LogP contribution in [0.5, 0.6) is 0 Å². The van der Waals surface area contributed by atoms with Gasteiger partial charge in [-0.2, -0.15) is 4.31 Å². The van der Waals surface area contributed by atoms with E-state index >= 15 is 0 Å². The number of hydrogen-bond acceptors (Lipinski definition) is 4. The molecule has 1 N–H and O–H groups in total. The number of methoxy groups -OCH3 is 1. The summed E-state index contributed by atoms with van der Waals surface area (Å²) in [7, 11) is -1.76. The van der Waals surface area contributed by atoms with E-state index in [0.717, 1.165) is 12.8 Å². The van der Waals surface area contributed by atoms with Crippen LogP contribution in [0.25, 0.3) is 0 Å². The summed E-state index contributed by atoms with van der Waals surface area (Å²) in [5, 5.41) is 3.11. The first-order chi connectivity index (χ1) is 9.59. The molecule has 0 radical (unpaired) electrons. The van der Waals surface area contributed by atoms with E-state index in [9.17, 15) is 8.42 Å². The molecule has 0 bridgehead atoms. The average Bonchev–Trinajstić information content (AvgIpc) is 2.48. The normalized spacial score (nSPS) is 18.1. The van der Waals surface area contributed by atoms with E-state index in [4.69, 9.17) is 4.74 Å². The van der Waals surface area contributed by atoms with Crippen molar-refractivity contribution in [1.29, 1.82) is 0 Å². The van der Waals surface area contributed by atoms with Crippen LogP contribution in [0.15, 0.2) is 29.2 Å². The Labute approximate surface area is 121 Å². The largest absolute Gasteiger partial charge is 0.384 e. The Morgan fingerprint density at radius 2 is 1.95 bits per heavy atom. The van der Waals surface area contributed by atoms with E-state index in [1.54, 1.807) is 29.6 Å². The fourth-order valence-electron chi connectivity index (χ4n) is 2.48. The molecule has 0 aromatic heterocycles. The number of sulfonamides is 1. The second kappa shape index (κ2) is 6.56. The Bertz CT molecular complexity index is 537. The van der Waals surface area contributed by atoms with E-state index in [-0.39, 0.29) is 6.10 Å². The first-order valence-electron chi connectivity index (χ1n) is 6.95. The molecule has 1 heterocycles. The van der Waals surface area contributed by atoms with Crippen molar-refractivity contribution < 1.29 is 13.2 Å². The van der Waals surface area contributed by atoms with Crippen molar-refractivity contribution >= 4 is 15.7 Å². The van der Waals surface area contributed by atoms with Gasteiger partial charge in [0.2, 0.25) is 10.0 Å². The number of piperidine rings is 1. The standard InChI is InChI=1S/C14H22N2O3S/c1-3-15-13-6-4-5-7-14(13)20(17,18)16-10-8-12(19-2)9-11-16/h4-7,12,15H,3,8-11H2,1-2H3. The Morgan fingerprint density at radius 1 is 1.30 bits per heavy atom. The lowest BCUT2D eigenvalue weighted by molar-refractivity contribution is 0.0604. The van der Waals surface area contributed by atoms with Crippen LogP contribution < -0.4 is 5.32 Å². The average molecular weight is 298 g/mol. The predicted octanol–water partition coefficient (Wildman–Crippen LogP) is 1.92. The van der Waals surface area contributed by atoms with Crippen molar-refractivity contribution in [2.24, 2.45) is 0 Å². The van der Waals surface area contributed by atoms with Crippen LogP contribution in [0.4, 0.5) is 5.69 Å². The van der Waals surface area contributed by atoms with Gasteiger partial charge < -0.3 is 10.1 Å². The van der Waals surface area contributed by atoms with Crippen molar-refractivity contribution in [3.63, 3.8) is 0 Å². The van der Waals surface area contributed by atoms with Gasteiger partial charge in [0.05, 0.1) is 11.8 Å². The minimum atomic E-state index is -3.43. The van der Waals surface area contributed by atoms with E-state index in [2.05, 4.69) is 5.32 Å². The van der Waals surface area contributed by atoms with Gasteiger partial charge in [-0.05, 0) is 31.9 Å². The van der Waals surface area contributed by atoms with Crippen LogP contribution in [-0.2, 0) is 14.8 Å². The molecule has 1 aliphatic rings. The molecule has 0 spiro atoms. The topological polar surface area (TPSA) is 58.6 Å². The number of para-hydroxylation sites is 1. The zero-order chi connectivity index (χ0) is 14.6. The van der Waals surface area contributed by atoms with Gasteiger partial charge in [-0.3, -0.25) is 0 Å². The monoisotopic (exact) mass is 298 g/mol. The molecule has 5 nitrogen and oxygen atoms in total. The summed E-state index contributed by atoms with van der Waals surface area (Å²) in [6, 6.07) is 7.07. The molecule has 1 aromatic carbocycles. The Hall–Kier alpha value is -1.11. The van der Waals surface area contributed by atoms with Crippen molar-refractivity contribution in [2.45, 2.75) is 30.8 Å². The molecule has 0 aliphatic carbocycles. The van der Waals surface area contributed by atoms with Crippen LogP contribution in [-0.4, -0.2) is 45.6 Å². The van der Waals surface area contributed by atoms with Crippen molar-refractivity contribution in [2.75, 3.05) is 32.1 Å². The highest BCUT2D eigenvalue weighted by molar-refractivity contribution is 7.89. The van der Waals surface area contributed by atoms with Crippen molar-refractivity contribution in [3.8, 4) is 0 Å². The summed E-state index contributed by atoms with van der Waals surface area (Å²) in [6.45, 7) is 3.67. The van der Waals surface area contributed by atoms with Crippen LogP contribution in [0.1, 0.15) is 19.8 Å². The van der Waals surface area contributed by atoms with E-state index in [1.165, 1.54) is 0 Å². The molecule has 0 saturated carbocycles. The van der Waals surface area contributed by atoms with Crippen LogP contribution in [0.2, 0.25) is 0 Å². The third-order valence-corrected chi connectivity index (χ3v) is 5.56. The number of anilines is 1. The maximum absolute atomic E-state index is 12.7. The minimum Gasteiger partial charge on any atom is -0.384 e. The molecule has 0 atom stereocenters. The Balaban J connectivity index is 2.23. The zero-order valence-corrected chi connectivity index (χ0v) is 12.8. The highest BCUT2D eigenvalue weighted by atomic mass is 32.2. The van der Waals surface area contributed by atoms with Gasteiger partial charge >= 0.3 is 0 Å². The third-order valence-electron chi connectivity index (χ3n) is 3.61. The number of benzene rings is 1. The Kier molecular flexibility index (Phi) is 5.01. The number of ether oxygens (including phenoxy) is 1. The number of nitrogens with one attached hydrogen (secondary N) is 1. The first kappa shape index (κ1) is 15.3. The summed E-state index contributed by atoms with van der Waals surface area (Å²) in [4.78, 5) is 0.359. The van der Waals surface area contributed by atoms with Gasteiger partial charge in [-0.15, -0.1) is 0 Å². The smallest absolute Gasteiger partial charge is 0.245 e. The second-order valence-electron chi connectivity index (χ2n) is 4.87. The lowest BCUT2D eigenvalue weighted by Gasteiger charge is -2.30. The van der Waals surface area contributed by atoms with Crippen LogP contribution >= 0.6 is 0 Å². The third kappa shape index (κ3) is 3.13. The quantitative estimate of drug-likeness (QED) is 0.902. The number of nitrogens with zero attached hydrogens (tertiary/aromatic N) is 1. The highest BCUT2D eigenvalue weighted by Gasteiger charge is 2.30. The number of rotatable bonds is 5. The van der Waals surface area contributed by atoms with Gasteiger partial charge in [0.15, 0.2) is 0 Å². The summed E-state index contributed by atoms with van der Waals surface area (Å²) >= 11 is 0. The fourth-order valence-corrected chi connectivity index (χ4v) is 4.11. The first-order valence-corrected chi connectivity index (χ1v) is 8.39. The van der Waals surface area contributed by atoms with Gasteiger partial charge in [-0.1, -0.05) is 12.1 Å². The SMILES string of the molecule is CCNc1ccccc1S(=O)(=O)N1CCC(OC)CC1. The molecular formula is C14H22N2O3S. The van der Waals surface area contributed by atoms with E-state index in [1.807, 2.05) is 13.0 Å². The van der Waals surface area contributed by atoms with E-state index < -0.39 is 10.0 Å². The molecule has 6 heteroatoms. The van der Waals surface area contributed by atoms with Gasteiger partial charge in [-0.25, -0.2) is 8.42 Å². The molecule has 20 heavy (non-hydrogen) atoms. The molecule has 1 saturated heterocycles. The highest BCUT2D eigenvalue weighted by Crippen LogP contribution is 2.27. The van der Waals surface area contributed by atoms with Crippen molar-refractivity contribution in [1.82, 2.24) is 4.31 Å². The molecule has 2 rings (SSSR count). The zero-order valence-electron chi connectivity index (χ0n) is 12.0.